The van der Waals surface area contributed by atoms with E-state index in [1.54, 1.807) is 0 Å². The van der Waals surface area contributed by atoms with E-state index in [0.29, 0.717) is 5.92 Å². The van der Waals surface area contributed by atoms with Crippen LogP contribution < -0.4 is 0 Å². The second-order valence-corrected chi connectivity index (χ2v) is 18.9. The number of hydrogen-bond donors (Lipinski definition) is 1. The summed E-state index contributed by atoms with van der Waals surface area (Å²) in [5, 5.41) is 17.5. The number of aliphatic hydroxyl groups excluding tert-OH is 1. The zero-order valence-corrected chi connectivity index (χ0v) is 39.0. The predicted molar refractivity (Wildman–Crippen MR) is 237 cm³/mol. The number of pyridine rings is 1. The van der Waals surface area contributed by atoms with E-state index >= 15 is 0 Å². The van der Waals surface area contributed by atoms with Crippen LogP contribution >= 0.6 is 22.7 Å². The summed E-state index contributed by atoms with van der Waals surface area (Å²) in [6.07, 6.45) is 7.84. The standard InChI is InChI=1S/C34H32NS2.C15H28O2.Ir/c1-20(2)15-22-11-12-27-28(19-36-30(27)16-22)32-21(3)25-13-14-35-31(33(25)37-32)24-17-23-9-7-8-10-26(23)29(18-24)34(4,5)6;1-7-14(5,8-2)12(16)11-13(17)15(6,9-3)10-4;/h7-14,16,18-20H,15H2,1-6H3;11,16H,7-10H2,1-6H3;/q-1;;/b;12-11-;. The summed E-state index contributed by atoms with van der Waals surface area (Å²) < 4.78 is 2.62. The summed E-state index contributed by atoms with van der Waals surface area (Å²) in [6.45, 7) is 25.8. The number of aromatic nitrogens is 1. The normalized spacial score (nSPS) is 12.6. The van der Waals surface area contributed by atoms with Gasteiger partial charge in [-0.15, -0.1) is 51.8 Å². The molecule has 0 saturated heterocycles. The van der Waals surface area contributed by atoms with Crippen LogP contribution in [0.1, 0.15) is 119 Å². The Morgan fingerprint density at radius 2 is 1.53 bits per heavy atom. The smallest absolute Gasteiger partial charge is 0.164 e. The van der Waals surface area contributed by atoms with Gasteiger partial charge in [-0.1, -0.05) is 117 Å². The fraction of sp³-hybridized carbons (Fsp3) is 0.429. The maximum absolute atomic E-state index is 12.2. The van der Waals surface area contributed by atoms with E-state index in [2.05, 4.69) is 108 Å². The third-order valence-electron chi connectivity index (χ3n) is 11.8. The van der Waals surface area contributed by atoms with Gasteiger partial charge in [0.2, 0.25) is 0 Å². The molecule has 1 N–H and O–H groups in total. The SMILES string of the molecule is CCC(C)(CC)C(=O)/C=C(\O)C(C)(CC)CC.Cc1c(-c2csc3cc(CC(C)C)ccc23)sc2c(-c3[c-]c4ccccc4c(C(C)(C)C)c3)nccc12.[Ir]. The number of carbonyl (C=O) groups excluding carboxylic acids is 1. The molecule has 0 fully saturated rings. The Morgan fingerprint density at radius 1 is 0.873 bits per heavy atom. The van der Waals surface area contributed by atoms with Crippen LogP contribution in [0.5, 0.6) is 0 Å². The molecule has 3 heterocycles. The number of nitrogens with zero attached hydrogens (tertiary/aromatic N) is 1. The molecule has 6 rings (SSSR count). The number of hydrogen-bond acceptors (Lipinski definition) is 5. The Balaban J connectivity index is 0.000000320. The molecular formula is C49H60IrNO2S2-. The second kappa shape index (κ2) is 18.0. The molecule has 0 aliphatic rings. The van der Waals surface area contributed by atoms with Gasteiger partial charge in [0.15, 0.2) is 5.78 Å². The van der Waals surface area contributed by atoms with Gasteiger partial charge in [-0.25, -0.2) is 0 Å². The molecule has 0 spiro atoms. The summed E-state index contributed by atoms with van der Waals surface area (Å²) >= 11 is 3.74. The minimum Gasteiger partial charge on any atom is -0.512 e. The van der Waals surface area contributed by atoms with Crippen molar-refractivity contribution < 1.29 is 30.0 Å². The number of ketones is 1. The molecule has 0 aliphatic heterocycles. The molecule has 0 aliphatic carbocycles. The third kappa shape index (κ3) is 9.36. The Morgan fingerprint density at radius 3 is 2.15 bits per heavy atom. The average Bonchev–Trinajstić information content (AvgIpc) is 3.72. The first-order chi connectivity index (χ1) is 25.5. The summed E-state index contributed by atoms with van der Waals surface area (Å²) in [5.41, 5.74) is 6.99. The van der Waals surface area contributed by atoms with Gasteiger partial charge in [0.1, 0.15) is 5.76 Å². The molecule has 0 amide bonds. The summed E-state index contributed by atoms with van der Waals surface area (Å²) in [5.74, 6) is 0.951. The molecule has 295 valence electrons. The van der Waals surface area contributed by atoms with Crippen LogP contribution in [0.15, 0.2) is 78.0 Å². The molecule has 6 heteroatoms. The zero-order chi connectivity index (χ0) is 39.6. The number of fused-ring (bicyclic) bond motifs is 3. The summed E-state index contributed by atoms with van der Waals surface area (Å²) in [4.78, 5) is 18.5. The first-order valence-electron chi connectivity index (χ1n) is 19.8. The second-order valence-electron chi connectivity index (χ2n) is 17.0. The minimum absolute atomic E-state index is 0. The summed E-state index contributed by atoms with van der Waals surface area (Å²) in [7, 11) is 0. The van der Waals surface area contributed by atoms with Crippen molar-refractivity contribution in [1.29, 1.82) is 0 Å². The van der Waals surface area contributed by atoms with Crippen LogP contribution in [0.2, 0.25) is 0 Å². The van der Waals surface area contributed by atoms with Gasteiger partial charge in [-0.05, 0) is 79.0 Å². The van der Waals surface area contributed by atoms with Crippen molar-refractivity contribution in [3.63, 3.8) is 0 Å². The van der Waals surface area contributed by atoms with Crippen LogP contribution in [0.25, 0.3) is 52.6 Å². The maximum Gasteiger partial charge on any atom is 0.164 e. The number of rotatable bonds is 11. The molecule has 0 unspecified atom stereocenters. The van der Waals surface area contributed by atoms with Crippen molar-refractivity contribution >= 4 is 59.4 Å². The largest absolute Gasteiger partial charge is 0.512 e. The Labute approximate surface area is 352 Å². The molecule has 55 heavy (non-hydrogen) atoms. The van der Waals surface area contributed by atoms with Gasteiger partial charge in [-0.3, -0.25) is 9.78 Å². The third-order valence-corrected chi connectivity index (χ3v) is 14.1. The molecular weight excluding hydrogens is 891 g/mol. The van der Waals surface area contributed by atoms with E-state index in [9.17, 15) is 9.90 Å². The summed E-state index contributed by atoms with van der Waals surface area (Å²) in [6, 6.07) is 23.8. The molecule has 3 aromatic heterocycles. The topological polar surface area (TPSA) is 50.2 Å². The number of carbonyl (C=O) groups is 1. The number of allylic oxidation sites excluding steroid dienone is 2. The van der Waals surface area contributed by atoms with Crippen molar-refractivity contribution in [2.75, 3.05) is 0 Å². The Bertz CT molecular complexity index is 2290. The minimum atomic E-state index is -0.337. The van der Waals surface area contributed by atoms with Crippen LogP contribution in [0.4, 0.5) is 0 Å². The predicted octanol–water partition coefficient (Wildman–Crippen LogP) is 15.3. The number of benzene rings is 3. The average molecular weight is 951 g/mol. The molecule has 1 radical (unpaired) electrons. The van der Waals surface area contributed by atoms with E-state index in [0.717, 1.165) is 48.7 Å². The van der Waals surface area contributed by atoms with Crippen LogP contribution in [0, 0.1) is 29.7 Å². The number of thiophene rings is 2. The van der Waals surface area contributed by atoms with Gasteiger partial charge in [0.25, 0.3) is 0 Å². The molecule has 3 aromatic carbocycles. The van der Waals surface area contributed by atoms with Crippen LogP contribution in [-0.2, 0) is 36.7 Å². The van der Waals surface area contributed by atoms with Crippen molar-refractivity contribution in [3.8, 4) is 21.7 Å². The van der Waals surface area contributed by atoms with E-state index < -0.39 is 0 Å². The van der Waals surface area contributed by atoms with E-state index in [1.165, 1.54) is 58.8 Å². The fourth-order valence-corrected chi connectivity index (χ4v) is 9.53. The Kier molecular flexibility index (Phi) is 14.6. The van der Waals surface area contributed by atoms with Crippen LogP contribution in [0.3, 0.4) is 0 Å². The van der Waals surface area contributed by atoms with Crippen molar-refractivity contribution in [2.24, 2.45) is 16.7 Å². The number of aliphatic hydroxyl groups is 1. The molecule has 3 nitrogen and oxygen atoms in total. The van der Waals surface area contributed by atoms with Gasteiger partial charge >= 0.3 is 0 Å². The van der Waals surface area contributed by atoms with E-state index in [4.69, 9.17) is 4.98 Å². The first kappa shape index (κ1) is 44.6. The van der Waals surface area contributed by atoms with Gasteiger partial charge in [0.05, 0.1) is 0 Å². The number of aryl methyl sites for hydroxylation is 1. The van der Waals surface area contributed by atoms with Crippen molar-refractivity contribution in [3.05, 3.63) is 101 Å². The van der Waals surface area contributed by atoms with Gasteiger partial charge < -0.3 is 5.11 Å². The first-order valence-corrected chi connectivity index (χ1v) is 21.5. The zero-order valence-electron chi connectivity index (χ0n) is 35.0. The molecule has 6 aromatic rings. The molecule has 0 saturated carbocycles. The van der Waals surface area contributed by atoms with Crippen molar-refractivity contribution in [2.45, 2.75) is 121 Å². The Hall–Kier alpha value is -3.15. The molecule has 0 bridgehead atoms. The maximum atomic E-state index is 12.2. The quantitative estimate of drug-likeness (QED) is 0.0800. The van der Waals surface area contributed by atoms with E-state index in [1.807, 2.05) is 70.4 Å². The van der Waals surface area contributed by atoms with Crippen LogP contribution in [-0.4, -0.2) is 15.9 Å². The van der Waals surface area contributed by atoms with Crippen molar-refractivity contribution in [1.82, 2.24) is 4.98 Å². The van der Waals surface area contributed by atoms with E-state index in [-0.39, 0.29) is 47.9 Å². The van der Waals surface area contributed by atoms with Gasteiger partial charge in [0, 0.05) is 79.5 Å². The van der Waals surface area contributed by atoms with Gasteiger partial charge in [-0.2, -0.15) is 0 Å². The molecule has 0 atom stereocenters. The fourth-order valence-electron chi connectivity index (χ4n) is 7.11. The monoisotopic (exact) mass is 951 g/mol.